The first-order valence-corrected chi connectivity index (χ1v) is 9.98. The summed E-state index contributed by atoms with van der Waals surface area (Å²) in [6.45, 7) is 0. The molecule has 0 aliphatic rings. The van der Waals surface area contributed by atoms with E-state index in [1.807, 2.05) is 23.6 Å². The van der Waals surface area contributed by atoms with Crippen molar-refractivity contribution in [3.8, 4) is 0 Å². The monoisotopic (exact) mass is 407 g/mol. The molecule has 0 unspecified atom stereocenters. The van der Waals surface area contributed by atoms with Gasteiger partial charge in [-0.05, 0) is 29.8 Å². The number of hydrogen-bond acceptors (Lipinski definition) is 5. The molecule has 134 valence electrons. The van der Waals surface area contributed by atoms with Gasteiger partial charge in [0.25, 0.3) is 0 Å². The maximum atomic E-state index is 13.1. The molecule has 2 aromatic carbocycles. The van der Waals surface area contributed by atoms with Crippen LogP contribution in [0, 0.1) is 5.82 Å². The topological polar surface area (TPSA) is 39.2 Å². The maximum absolute atomic E-state index is 13.1. The number of thioether (sulfide) groups is 1. The predicted octanol–water partition coefficient (Wildman–Crippen LogP) is 5.61. The molecule has 0 aliphatic carbocycles. The van der Waals surface area contributed by atoms with E-state index in [9.17, 15) is 9.18 Å². The molecule has 0 spiro atoms. The van der Waals surface area contributed by atoms with Gasteiger partial charge in [0.2, 0.25) is 0 Å². The third-order valence-electron chi connectivity index (χ3n) is 3.62. The highest BCUT2D eigenvalue weighted by atomic mass is 35.5. The molecule has 0 N–H and O–H groups in total. The van der Waals surface area contributed by atoms with E-state index in [1.54, 1.807) is 12.1 Å². The number of esters is 1. The van der Waals surface area contributed by atoms with E-state index in [-0.39, 0.29) is 11.8 Å². The number of thiazole rings is 1. The lowest BCUT2D eigenvalue weighted by atomic mass is 10.1. The Morgan fingerprint density at radius 1 is 1.31 bits per heavy atom. The fraction of sp³-hybridized carbons (Fsp3) is 0.158. The molecule has 0 atom stereocenters. The van der Waals surface area contributed by atoms with Crippen LogP contribution in [0.3, 0.4) is 0 Å². The summed E-state index contributed by atoms with van der Waals surface area (Å²) in [5.41, 5.74) is 2.32. The van der Waals surface area contributed by atoms with Gasteiger partial charge in [-0.15, -0.1) is 23.1 Å². The number of carbonyl (C=O) groups is 1. The molecule has 26 heavy (non-hydrogen) atoms. The minimum Gasteiger partial charge on any atom is -0.465 e. The van der Waals surface area contributed by atoms with Crippen LogP contribution in [0.4, 0.5) is 4.39 Å². The summed E-state index contributed by atoms with van der Waals surface area (Å²) >= 11 is 9.15. The highest BCUT2D eigenvalue weighted by Gasteiger charge is 2.12. The van der Waals surface area contributed by atoms with Gasteiger partial charge in [0.05, 0.1) is 23.4 Å². The zero-order chi connectivity index (χ0) is 18.5. The number of methoxy groups -OCH3 is 1. The van der Waals surface area contributed by atoms with Crippen molar-refractivity contribution in [1.82, 2.24) is 4.98 Å². The van der Waals surface area contributed by atoms with Gasteiger partial charge in [-0.25, -0.2) is 14.2 Å². The van der Waals surface area contributed by atoms with Gasteiger partial charge in [-0.2, -0.15) is 0 Å². The first-order chi connectivity index (χ1) is 12.6. The molecule has 3 aromatic rings. The zero-order valence-electron chi connectivity index (χ0n) is 13.9. The normalized spacial score (nSPS) is 10.7. The van der Waals surface area contributed by atoms with Crippen molar-refractivity contribution in [2.75, 3.05) is 7.11 Å². The Morgan fingerprint density at radius 3 is 2.88 bits per heavy atom. The Balaban J connectivity index is 1.67. The molecule has 0 saturated heterocycles. The largest absolute Gasteiger partial charge is 0.465 e. The van der Waals surface area contributed by atoms with Crippen molar-refractivity contribution in [1.29, 1.82) is 0 Å². The second kappa shape index (κ2) is 8.66. The first-order valence-electron chi connectivity index (χ1n) is 7.74. The highest BCUT2D eigenvalue weighted by molar-refractivity contribution is 7.98. The molecule has 0 fully saturated rings. The average Bonchev–Trinajstić information content (AvgIpc) is 3.09. The fourth-order valence-corrected chi connectivity index (χ4v) is 4.44. The molecule has 3 rings (SSSR count). The number of ether oxygens (including phenoxy) is 1. The van der Waals surface area contributed by atoms with E-state index >= 15 is 0 Å². The number of benzene rings is 2. The van der Waals surface area contributed by atoms with Crippen LogP contribution in [-0.2, 0) is 16.9 Å². The summed E-state index contributed by atoms with van der Waals surface area (Å²) in [4.78, 5) is 17.3. The van der Waals surface area contributed by atoms with Crippen LogP contribution in [0.25, 0.3) is 0 Å². The van der Waals surface area contributed by atoms with Crippen molar-refractivity contribution in [2.24, 2.45) is 0 Å². The molecule has 3 nitrogen and oxygen atoms in total. The molecule has 1 aromatic heterocycles. The van der Waals surface area contributed by atoms with Gasteiger partial charge in [0, 0.05) is 27.5 Å². The molecule has 0 aliphatic heterocycles. The Labute approximate surface area is 164 Å². The van der Waals surface area contributed by atoms with E-state index in [0.717, 1.165) is 21.2 Å². The third kappa shape index (κ3) is 4.63. The van der Waals surface area contributed by atoms with E-state index in [4.69, 9.17) is 16.3 Å². The van der Waals surface area contributed by atoms with E-state index in [1.165, 1.54) is 42.3 Å². The number of rotatable bonds is 6. The number of aromatic nitrogens is 1. The van der Waals surface area contributed by atoms with Gasteiger partial charge < -0.3 is 4.74 Å². The van der Waals surface area contributed by atoms with E-state index in [0.29, 0.717) is 22.8 Å². The predicted molar refractivity (Wildman–Crippen MR) is 104 cm³/mol. The Morgan fingerprint density at radius 2 is 2.12 bits per heavy atom. The molecule has 0 saturated carbocycles. The molecular formula is C19H15ClFNO2S2. The minimum absolute atomic E-state index is 0.348. The summed E-state index contributed by atoms with van der Waals surface area (Å²) < 4.78 is 17.9. The lowest BCUT2D eigenvalue weighted by molar-refractivity contribution is 0.0597. The molecule has 7 heteroatoms. The van der Waals surface area contributed by atoms with E-state index in [2.05, 4.69) is 4.98 Å². The first kappa shape index (κ1) is 18.9. The standard InChI is InChI=1S/C19H15ClFNO2S2/c1-24-19(23)15-4-2-3-5-17(15)25-10-14-11-26-18(22-14)8-12-6-7-13(21)9-16(12)20/h2-7,9,11H,8,10H2,1H3. The van der Waals surface area contributed by atoms with Crippen LogP contribution in [0.1, 0.15) is 26.6 Å². The minimum atomic E-state index is -0.349. The van der Waals surface area contributed by atoms with Crippen molar-refractivity contribution in [3.05, 3.63) is 80.5 Å². The van der Waals surface area contributed by atoms with Crippen LogP contribution in [0.5, 0.6) is 0 Å². The number of carbonyl (C=O) groups excluding carboxylic acids is 1. The Kier molecular flexibility index (Phi) is 6.29. The van der Waals surface area contributed by atoms with Gasteiger partial charge in [-0.1, -0.05) is 29.8 Å². The SMILES string of the molecule is COC(=O)c1ccccc1SCc1csc(Cc2ccc(F)cc2Cl)n1. The quantitative estimate of drug-likeness (QED) is 0.393. The van der Waals surface area contributed by atoms with Crippen LogP contribution in [-0.4, -0.2) is 18.1 Å². The Hall–Kier alpha value is -1.89. The summed E-state index contributed by atoms with van der Waals surface area (Å²) in [6.07, 6.45) is 0.563. The highest BCUT2D eigenvalue weighted by Crippen LogP contribution is 2.28. The van der Waals surface area contributed by atoms with Gasteiger partial charge in [0.15, 0.2) is 0 Å². The van der Waals surface area contributed by atoms with Gasteiger partial charge in [-0.3, -0.25) is 0 Å². The molecule has 1 heterocycles. The molecular weight excluding hydrogens is 393 g/mol. The lowest BCUT2D eigenvalue weighted by Crippen LogP contribution is -2.02. The fourth-order valence-electron chi connectivity index (χ4n) is 2.35. The second-order valence-corrected chi connectivity index (χ2v) is 7.79. The molecule has 0 amide bonds. The van der Waals surface area contributed by atoms with Gasteiger partial charge in [0.1, 0.15) is 5.82 Å². The summed E-state index contributed by atoms with van der Waals surface area (Å²) in [5.74, 6) is -0.0564. The zero-order valence-corrected chi connectivity index (χ0v) is 16.3. The van der Waals surface area contributed by atoms with Crippen LogP contribution < -0.4 is 0 Å². The average molecular weight is 408 g/mol. The molecule has 0 bridgehead atoms. The summed E-state index contributed by atoms with van der Waals surface area (Å²) in [5, 5.41) is 3.30. The van der Waals surface area contributed by atoms with Crippen LogP contribution >= 0.6 is 34.7 Å². The van der Waals surface area contributed by atoms with Crippen LogP contribution in [0.2, 0.25) is 5.02 Å². The summed E-state index contributed by atoms with van der Waals surface area (Å²) in [7, 11) is 1.37. The van der Waals surface area contributed by atoms with Crippen molar-refractivity contribution in [2.45, 2.75) is 17.1 Å². The number of halogens is 2. The number of hydrogen-bond donors (Lipinski definition) is 0. The third-order valence-corrected chi connectivity index (χ3v) is 5.98. The maximum Gasteiger partial charge on any atom is 0.338 e. The van der Waals surface area contributed by atoms with E-state index < -0.39 is 0 Å². The van der Waals surface area contributed by atoms with Gasteiger partial charge >= 0.3 is 5.97 Å². The van der Waals surface area contributed by atoms with Crippen molar-refractivity contribution in [3.63, 3.8) is 0 Å². The van der Waals surface area contributed by atoms with Crippen molar-refractivity contribution < 1.29 is 13.9 Å². The van der Waals surface area contributed by atoms with Crippen molar-refractivity contribution >= 4 is 40.7 Å². The lowest BCUT2D eigenvalue weighted by Gasteiger charge is -2.06. The smallest absolute Gasteiger partial charge is 0.338 e. The summed E-state index contributed by atoms with van der Waals surface area (Å²) in [6, 6.07) is 11.7. The Bertz CT molecular complexity index is 929. The second-order valence-electron chi connectivity index (χ2n) is 5.42. The molecule has 0 radical (unpaired) electrons. The van der Waals surface area contributed by atoms with Crippen LogP contribution in [0.15, 0.2) is 52.7 Å². The number of nitrogens with zero attached hydrogens (tertiary/aromatic N) is 1.